The molecule has 0 amide bonds. The first-order valence-electron chi connectivity index (χ1n) is 0.667. The summed E-state index contributed by atoms with van der Waals surface area (Å²) in [5.74, 6) is 0. The molecule has 49 valence electrons. The van der Waals surface area contributed by atoms with E-state index < -0.39 is 9.05 Å². The Balaban J connectivity index is -0.0000000800. The van der Waals surface area contributed by atoms with E-state index in [1.165, 1.54) is 0 Å². The number of hydrogen-bond donors (Lipinski definition) is 1. The molecule has 0 bridgehead atoms. The Labute approximate surface area is 57.1 Å². The van der Waals surface area contributed by atoms with Crippen LogP contribution < -0.4 is 6.15 Å². The van der Waals surface area contributed by atoms with Gasteiger partial charge < -0.3 is 15.3 Å². The summed E-state index contributed by atoms with van der Waals surface area (Å²) in [6.07, 6.45) is 0. The first-order valence-corrected chi connectivity index (χ1v) is 3.00. The molecule has 0 unspecified atom stereocenters. The van der Waals surface area contributed by atoms with Crippen LogP contribution in [0.2, 0.25) is 0 Å². The molecule has 0 aliphatic carbocycles. The quantitative estimate of drug-likeness (QED) is 0.505. The first-order chi connectivity index (χ1) is 2.00. The third-order valence-electron chi connectivity index (χ3n) is 0. The van der Waals surface area contributed by atoms with Gasteiger partial charge in [0.15, 0.2) is 0 Å². The molecule has 0 aliphatic rings. The summed E-state index contributed by atoms with van der Waals surface area (Å²) >= 11 is 3.24. The molecule has 0 saturated heterocycles. The van der Waals surface area contributed by atoms with E-state index in [9.17, 15) is 0 Å². The van der Waals surface area contributed by atoms with Crippen molar-refractivity contribution < 1.29 is 30.4 Å². The van der Waals surface area contributed by atoms with Gasteiger partial charge in [-0.1, -0.05) is 0 Å². The van der Waals surface area contributed by atoms with Gasteiger partial charge in [-0.05, 0) is 11.2 Å². The fraction of sp³-hybridized carbons (Fsp3) is 0. The van der Waals surface area contributed by atoms with E-state index in [0.29, 0.717) is 0 Å². The predicted octanol–water partition coefficient (Wildman–Crippen LogP) is -0.847. The van der Waals surface area contributed by atoms with Crippen molar-refractivity contribution in [2.75, 3.05) is 0 Å². The molecule has 7 heteroatoms. The molecule has 0 aromatic heterocycles. The Bertz CT molecular complexity index is 96.1. The van der Waals surface area contributed by atoms with Crippen LogP contribution >= 0.6 is 0 Å². The number of rotatable bonds is 0. The van der Waals surface area contributed by atoms with Gasteiger partial charge >= 0.3 is 17.1 Å². The summed E-state index contributed by atoms with van der Waals surface area (Å²) in [5.41, 5.74) is 0. The Morgan fingerprint density at radius 1 is 1.43 bits per heavy atom. The molecule has 4 nitrogen and oxygen atoms in total. The predicted molar refractivity (Wildman–Crippen MR) is 22.1 cm³/mol. The molecule has 7 heavy (non-hydrogen) atoms. The Hall–Kier alpha value is 0.769. The van der Waals surface area contributed by atoms with Crippen molar-refractivity contribution in [3.05, 3.63) is 0 Å². The third kappa shape index (κ3) is 260. The zero-order valence-electron chi connectivity index (χ0n) is 3.05. The monoisotopic (exact) mass is 192 g/mol. The zero-order chi connectivity index (χ0) is 4.50. The van der Waals surface area contributed by atoms with E-state index in [1.54, 1.807) is 0 Å². The minimum absolute atomic E-state index is 0. The molecular weight excluding hydrogens is 190 g/mol. The van der Waals surface area contributed by atoms with Gasteiger partial charge in [0.25, 0.3) is 0 Å². The zero-order valence-corrected chi connectivity index (χ0v) is 5.62. The molecule has 3 N–H and O–H groups in total. The second-order valence-corrected chi connectivity index (χ2v) is 2.45. The molecule has 0 fully saturated rings. The van der Waals surface area contributed by atoms with Gasteiger partial charge in [-0.2, -0.15) is 0 Å². The van der Waals surface area contributed by atoms with E-state index in [0.717, 1.165) is 0 Å². The van der Waals surface area contributed by atoms with Crippen molar-refractivity contribution in [1.29, 1.82) is 0 Å². The molecule has 0 aromatic carbocycles. The third-order valence-corrected chi connectivity index (χ3v) is 0. The molecule has 0 saturated carbocycles. The van der Waals surface area contributed by atoms with Crippen LogP contribution in [-0.2, 0) is 37.3 Å². The summed E-state index contributed by atoms with van der Waals surface area (Å²) in [6.45, 7) is 0. The van der Waals surface area contributed by atoms with Gasteiger partial charge in [0.05, 0.1) is 0 Å². The van der Waals surface area contributed by atoms with Crippen LogP contribution in [0.15, 0.2) is 0 Å². The van der Waals surface area contributed by atoms with Gasteiger partial charge in [0, 0.05) is 0 Å². The van der Waals surface area contributed by atoms with Crippen LogP contribution in [0.3, 0.4) is 0 Å². The van der Waals surface area contributed by atoms with Gasteiger partial charge in [0.2, 0.25) is 0 Å². The van der Waals surface area contributed by atoms with E-state index >= 15 is 0 Å². The van der Waals surface area contributed by atoms with Crippen molar-refractivity contribution in [2.24, 2.45) is 0 Å². The van der Waals surface area contributed by atoms with Gasteiger partial charge in [0.1, 0.15) is 0 Å². The summed E-state index contributed by atoms with van der Waals surface area (Å²) in [5, 5.41) is 0. The van der Waals surface area contributed by atoms with Gasteiger partial charge in [-0.25, -0.2) is 0 Å². The second kappa shape index (κ2) is 4.92. The SMILES string of the molecule is N.O=S([O-])([O-])=S.[Cu+2]. The largest absolute Gasteiger partial charge is 2.00 e. The molecule has 0 heterocycles. The maximum absolute atomic E-state index is 8.89. The van der Waals surface area contributed by atoms with Crippen molar-refractivity contribution in [1.82, 2.24) is 6.15 Å². The van der Waals surface area contributed by atoms with Crippen LogP contribution in [0, 0.1) is 0 Å². The van der Waals surface area contributed by atoms with Crippen LogP contribution in [0.1, 0.15) is 0 Å². The minimum Gasteiger partial charge on any atom is -0.780 e. The molecule has 1 radical (unpaired) electrons. The van der Waals surface area contributed by atoms with Gasteiger partial charge in [-0.15, -0.1) is 9.05 Å². The van der Waals surface area contributed by atoms with Crippen LogP contribution in [0.5, 0.6) is 0 Å². The topological polar surface area (TPSA) is 98.2 Å². The van der Waals surface area contributed by atoms with Crippen molar-refractivity contribution in [2.45, 2.75) is 0 Å². The van der Waals surface area contributed by atoms with Crippen LogP contribution in [0.25, 0.3) is 0 Å². The first kappa shape index (κ1) is 15.7. The van der Waals surface area contributed by atoms with Gasteiger partial charge in [-0.3, -0.25) is 4.21 Å². The van der Waals surface area contributed by atoms with E-state index in [4.69, 9.17) is 13.3 Å². The smallest absolute Gasteiger partial charge is 0.780 e. The molecule has 0 aliphatic heterocycles. The summed E-state index contributed by atoms with van der Waals surface area (Å²) in [7, 11) is -4.33. The van der Waals surface area contributed by atoms with E-state index in [-0.39, 0.29) is 23.2 Å². The van der Waals surface area contributed by atoms with E-state index in [2.05, 4.69) is 11.2 Å². The van der Waals surface area contributed by atoms with Crippen molar-refractivity contribution in [3.63, 3.8) is 0 Å². The van der Waals surface area contributed by atoms with Crippen molar-refractivity contribution in [3.8, 4) is 0 Å². The Kier molecular flexibility index (Phi) is 11.0. The minimum atomic E-state index is -4.33. The standard InChI is InChI=1S/Cu.H3N.H2O3S2/c;;1-5(2,3)4/h;1H3;(H2,1,2,3,4)/q+2;;/p-2. The normalized spacial score (nSPS) is 8.29. The summed E-state index contributed by atoms with van der Waals surface area (Å²) in [6, 6.07) is 0. The molecule has 0 aromatic rings. The average molecular weight is 193 g/mol. The average Bonchev–Trinajstić information content (AvgIpc) is 0.722. The fourth-order valence-electron chi connectivity index (χ4n) is 0. The maximum atomic E-state index is 8.89. The van der Waals surface area contributed by atoms with Crippen LogP contribution in [0.4, 0.5) is 0 Å². The van der Waals surface area contributed by atoms with Crippen molar-refractivity contribution >= 4 is 20.2 Å². The maximum Gasteiger partial charge on any atom is 2.00 e. The second-order valence-electron chi connectivity index (χ2n) is 0.408. The Morgan fingerprint density at radius 3 is 1.43 bits per heavy atom. The number of hydrogen-bond acceptors (Lipinski definition) is 5. The van der Waals surface area contributed by atoms with Crippen LogP contribution in [-0.4, -0.2) is 13.3 Å². The fourth-order valence-corrected chi connectivity index (χ4v) is 0. The molecule has 0 atom stereocenters. The summed E-state index contributed by atoms with van der Waals surface area (Å²) in [4.78, 5) is 0. The Morgan fingerprint density at radius 2 is 1.43 bits per heavy atom. The molecule has 0 spiro atoms. The summed E-state index contributed by atoms with van der Waals surface area (Å²) < 4.78 is 26.7. The molecule has 0 rings (SSSR count). The van der Waals surface area contributed by atoms with E-state index in [1.807, 2.05) is 0 Å². The molecular formula is H3CuNO3S2.